The molecule has 0 aromatic carbocycles. The van der Waals surface area contributed by atoms with Crippen molar-refractivity contribution in [3.63, 3.8) is 0 Å². The van der Waals surface area contributed by atoms with Crippen molar-refractivity contribution in [1.82, 2.24) is 0 Å². The van der Waals surface area contributed by atoms with Crippen molar-refractivity contribution in [3.8, 4) is 6.07 Å². The average molecular weight is 131 g/mol. The predicted molar refractivity (Wildman–Crippen MR) is 36.8 cm³/mol. The highest BCUT2D eigenvalue weighted by molar-refractivity contribution is 4.74. The average Bonchev–Trinajstić information content (AvgIpc) is 2.21. The van der Waals surface area contributed by atoms with E-state index in [9.17, 15) is 0 Å². The van der Waals surface area contributed by atoms with E-state index < -0.39 is 31.4 Å². The second kappa shape index (κ2) is 3.50. The van der Waals surface area contributed by atoms with Crippen LogP contribution in [0, 0.1) is 17.2 Å². The summed E-state index contributed by atoms with van der Waals surface area (Å²) in [6, 6.07) is 1.75. The second-order valence-corrected chi connectivity index (χ2v) is 1.79. The molecule has 0 aromatic rings. The third-order valence-corrected chi connectivity index (χ3v) is 1.10. The second-order valence-electron chi connectivity index (χ2n) is 1.79. The molecular formula is C8H13N. The summed E-state index contributed by atoms with van der Waals surface area (Å²) in [5, 5.41) is 8.44. The van der Waals surface area contributed by atoms with Crippen LogP contribution in [0.1, 0.15) is 49.3 Å². The van der Waals surface area contributed by atoms with Crippen LogP contribution in [0.2, 0.25) is 0 Å². The Kier molecular flexibility index (Phi) is 0.682. The molecule has 1 nitrogen and oxygen atoms in total. The number of hydrogen-bond donors (Lipinski definition) is 0. The van der Waals surface area contributed by atoms with Gasteiger partial charge in [0.1, 0.15) is 0 Å². The highest BCUT2D eigenvalue weighted by atomic mass is 14.2. The molecule has 9 heavy (non-hydrogen) atoms. The SMILES string of the molecule is [2H]C1([2H])C(CCC#N)C([2H])([2H])C([2H])([2H])C1([2H])[2H]. The number of hydrogen-bond acceptors (Lipinski definition) is 1. The van der Waals surface area contributed by atoms with E-state index in [1.807, 2.05) is 0 Å². The lowest BCUT2D eigenvalue weighted by Gasteiger charge is -2.02. The molecule has 0 aromatic heterocycles. The normalized spacial score (nSPS) is 55.4. The molecule has 1 fully saturated rings. The van der Waals surface area contributed by atoms with Crippen molar-refractivity contribution in [2.24, 2.45) is 5.92 Å². The van der Waals surface area contributed by atoms with Crippen molar-refractivity contribution < 1.29 is 11.0 Å². The van der Waals surface area contributed by atoms with E-state index in [0.29, 0.717) is 0 Å². The first-order valence-electron chi connectivity index (χ1n) is 6.81. The van der Waals surface area contributed by atoms with E-state index in [2.05, 4.69) is 0 Å². The molecule has 0 aliphatic heterocycles. The molecule has 1 saturated carbocycles. The highest BCUT2D eigenvalue weighted by Crippen LogP contribution is 2.27. The van der Waals surface area contributed by atoms with Gasteiger partial charge in [-0.25, -0.2) is 0 Å². The van der Waals surface area contributed by atoms with Gasteiger partial charge < -0.3 is 0 Å². The maximum absolute atomic E-state index is 8.44. The van der Waals surface area contributed by atoms with Gasteiger partial charge in [-0.1, -0.05) is 25.5 Å². The number of nitriles is 1. The van der Waals surface area contributed by atoms with E-state index in [-0.39, 0.29) is 12.8 Å². The topological polar surface area (TPSA) is 23.8 Å². The van der Waals surface area contributed by atoms with Crippen LogP contribution in [0.4, 0.5) is 0 Å². The summed E-state index contributed by atoms with van der Waals surface area (Å²) in [6.07, 6.45) is -11.5. The Morgan fingerprint density at radius 3 is 2.78 bits per heavy atom. The van der Waals surface area contributed by atoms with Crippen LogP contribution in [0.15, 0.2) is 0 Å². The summed E-state index contributed by atoms with van der Waals surface area (Å²) in [6.45, 7) is 0. The number of nitrogens with zero attached hydrogens (tertiary/aromatic N) is 1. The van der Waals surface area contributed by atoms with Crippen molar-refractivity contribution in [3.05, 3.63) is 0 Å². The van der Waals surface area contributed by atoms with Gasteiger partial charge in [-0.05, 0) is 12.3 Å². The summed E-state index contributed by atoms with van der Waals surface area (Å²) in [7, 11) is 0. The maximum Gasteiger partial charge on any atom is 0.0621 e. The Labute approximate surface area is 67.9 Å². The molecule has 0 bridgehead atoms. The minimum absolute atomic E-state index is 0.129. The Balaban J connectivity index is 3.28. The van der Waals surface area contributed by atoms with Crippen LogP contribution < -0.4 is 0 Å². The molecule has 1 rings (SSSR count). The monoisotopic (exact) mass is 131 g/mol. The van der Waals surface area contributed by atoms with Gasteiger partial charge in [-0.3, -0.25) is 0 Å². The maximum atomic E-state index is 8.44. The molecule has 1 heteroatoms. The molecule has 0 saturated heterocycles. The molecule has 1 aliphatic rings. The third kappa shape index (κ3) is 2.05. The van der Waals surface area contributed by atoms with E-state index >= 15 is 0 Å². The van der Waals surface area contributed by atoms with Gasteiger partial charge in [0.15, 0.2) is 0 Å². The van der Waals surface area contributed by atoms with E-state index in [1.54, 1.807) is 6.07 Å². The largest absolute Gasteiger partial charge is 0.198 e. The van der Waals surface area contributed by atoms with Crippen LogP contribution in [0.3, 0.4) is 0 Å². The Morgan fingerprint density at radius 2 is 2.22 bits per heavy atom. The zero-order valence-corrected chi connectivity index (χ0v) is 4.94. The van der Waals surface area contributed by atoms with Crippen molar-refractivity contribution in [2.75, 3.05) is 0 Å². The smallest absolute Gasteiger partial charge is 0.0621 e. The molecular weight excluding hydrogens is 110 g/mol. The molecule has 0 unspecified atom stereocenters. The van der Waals surface area contributed by atoms with Gasteiger partial charge in [0, 0.05) is 17.4 Å². The summed E-state index contributed by atoms with van der Waals surface area (Å²) in [5.74, 6) is -1.47. The minimum Gasteiger partial charge on any atom is -0.198 e. The van der Waals surface area contributed by atoms with Gasteiger partial charge in [0.2, 0.25) is 0 Å². The molecule has 0 heterocycles. The summed E-state index contributed by atoms with van der Waals surface area (Å²) >= 11 is 0. The van der Waals surface area contributed by atoms with E-state index in [0.717, 1.165) is 0 Å². The van der Waals surface area contributed by atoms with E-state index in [4.69, 9.17) is 16.2 Å². The van der Waals surface area contributed by atoms with Crippen LogP contribution in [0.5, 0.6) is 0 Å². The lowest BCUT2D eigenvalue weighted by atomic mass is 10.0. The lowest BCUT2D eigenvalue weighted by Crippen LogP contribution is -1.90. The van der Waals surface area contributed by atoms with Crippen LogP contribution >= 0.6 is 0 Å². The predicted octanol–water partition coefficient (Wildman–Crippen LogP) is 2.48. The lowest BCUT2D eigenvalue weighted by molar-refractivity contribution is 0.511. The molecule has 0 spiro atoms. The van der Waals surface area contributed by atoms with Crippen molar-refractivity contribution >= 4 is 0 Å². The van der Waals surface area contributed by atoms with Crippen LogP contribution in [0.25, 0.3) is 0 Å². The van der Waals surface area contributed by atoms with E-state index in [1.165, 1.54) is 0 Å². The minimum atomic E-state index is -2.93. The third-order valence-electron chi connectivity index (χ3n) is 1.10. The van der Waals surface area contributed by atoms with Gasteiger partial charge in [0.05, 0.1) is 6.07 Å². The van der Waals surface area contributed by atoms with Gasteiger partial charge >= 0.3 is 0 Å². The van der Waals surface area contributed by atoms with Crippen molar-refractivity contribution in [2.45, 2.75) is 38.3 Å². The molecule has 0 atom stereocenters. The van der Waals surface area contributed by atoms with Gasteiger partial charge in [0.25, 0.3) is 0 Å². The summed E-state index contributed by atoms with van der Waals surface area (Å²) in [5.41, 5.74) is 0. The first kappa shape index (κ1) is 1.75. The van der Waals surface area contributed by atoms with Gasteiger partial charge in [-0.2, -0.15) is 5.26 Å². The Hall–Kier alpha value is -0.510. The zero-order valence-electron chi connectivity index (χ0n) is 12.9. The van der Waals surface area contributed by atoms with Gasteiger partial charge in [-0.15, -0.1) is 0 Å². The standard InChI is InChI=1S/C8H13N/c9-7-3-6-8-4-1-2-5-8/h8H,1-6H2/i1D2,2D2,4D2,5D2. The fraction of sp³-hybridized carbons (Fsp3) is 0.875. The fourth-order valence-corrected chi connectivity index (χ4v) is 0.636. The number of rotatable bonds is 2. The summed E-state index contributed by atoms with van der Waals surface area (Å²) < 4.78 is 60.6. The first-order valence-corrected chi connectivity index (χ1v) is 2.81. The Morgan fingerprint density at radius 1 is 1.56 bits per heavy atom. The molecule has 0 radical (unpaired) electrons. The quantitative estimate of drug-likeness (QED) is 0.564. The first-order chi connectivity index (χ1) is 7.44. The molecule has 0 amide bonds. The highest BCUT2D eigenvalue weighted by Gasteiger charge is 2.13. The summed E-state index contributed by atoms with van der Waals surface area (Å²) in [4.78, 5) is 0. The Bertz CT molecular complexity index is 329. The molecule has 50 valence electrons. The fourth-order valence-electron chi connectivity index (χ4n) is 0.636. The van der Waals surface area contributed by atoms with Crippen molar-refractivity contribution in [1.29, 1.82) is 5.26 Å². The zero-order chi connectivity index (χ0) is 13.7. The molecule has 0 N–H and O–H groups in total. The van der Waals surface area contributed by atoms with Crippen LogP contribution in [-0.2, 0) is 0 Å². The molecule has 1 aliphatic carbocycles. The van der Waals surface area contributed by atoms with Crippen LogP contribution in [-0.4, -0.2) is 0 Å².